The highest BCUT2D eigenvalue weighted by Crippen LogP contribution is 2.22. The molecule has 1 heterocycles. The summed E-state index contributed by atoms with van der Waals surface area (Å²) in [5.74, 6) is 0. The Morgan fingerprint density at radius 1 is 1.29 bits per heavy atom. The molecule has 2 rings (SSSR count). The second-order valence-corrected chi connectivity index (χ2v) is 4.98. The molecule has 0 aliphatic rings. The van der Waals surface area contributed by atoms with Crippen LogP contribution in [0.2, 0.25) is 0 Å². The molecule has 0 aliphatic heterocycles. The number of aromatic nitrogens is 2. The molecule has 0 spiro atoms. The maximum Gasteiger partial charge on any atom is 0.0522 e. The molecule has 0 fully saturated rings. The molecule has 0 bridgehead atoms. The maximum atomic E-state index is 6.39. The molecule has 0 saturated heterocycles. The highest BCUT2D eigenvalue weighted by atomic mass is 15.2. The lowest BCUT2D eigenvalue weighted by molar-refractivity contribution is 0.491. The Morgan fingerprint density at radius 3 is 2.47 bits per heavy atom. The summed E-state index contributed by atoms with van der Waals surface area (Å²) in [5, 5.41) is 4.17. The highest BCUT2D eigenvalue weighted by Gasteiger charge is 2.22. The molecule has 17 heavy (non-hydrogen) atoms. The van der Waals surface area contributed by atoms with E-state index in [0.717, 1.165) is 17.5 Å². The van der Waals surface area contributed by atoms with E-state index in [-0.39, 0.29) is 5.54 Å². The van der Waals surface area contributed by atoms with Crippen molar-refractivity contribution in [3.63, 3.8) is 0 Å². The summed E-state index contributed by atoms with van der Waals surface area (Å²) in [4.78, 5) is 0. The van der Waals surface area contributed by atoms with Gasteiger partial charge >= 0.3 is 0 Å². The highest BCUT2D eigenvalue weighted by molar-refractivity contribution is 5.29. The van der Waals surface area contributed by atoms with E-state index in [1.54, 1.807) is 4.68 Å². The van der Waals surface area contributed by atoms with E-state index in [9.17, 15) is 0 Å². The van der Waals surface area contributed by atoms with E-state index >= 15 is 0 Å². The van der Waals surface area contributed by atoms with Gasteiger partial charge in [0.1, 0.15) is 0 Å². The van der Waals surface area contributed by atoms with Gasteiger partial charge in [-0.05, 0) is 31.4 Å². The number of hydrogen-bond donors (Lipinski definition) is 1. The van der Waals surface area contributed by atoms with Crippen LogP contribution in [0.1, 0.15) is 23.6 Å². The van der Waals surface area contributed by atoms with E-state index < -0.39 is 0 Å². The van der Waals surface area contributed by atoms with Gasteiger partial charge in [-0.1, -0.05) is 29.8 Å². The van der Waals surface area contributed by atoms with Crippen molar-refractivity contribution >= 4 is 0 Å². The van der Waals surface area contributed by atoms with Gasteiger partial charge in [0.05, 0.1) is 6.20 Å². The fourth-order valence-corrected chi connectivity index (χ4v) is 2.02. The summed E-state index contributed by atoms with van der Waals surface area (Å²) in [6.45, 7) is 4.14. The summed E-state index contributed by atoms with van der Waals surface area (Å²) >= 11 is 0. The monoisotopic (exact) mass is 229 g/mol. The third kappa shape index (κ3) is 2.74. The summed E-state index contributed by atoms with van der Waals surface area (Å²) in [7, 11) is 1.92. The molecule has 1 unspecified atom stereocenters. The lowest BCUT2D eigenvalue weighted by Gasteiger charge is -2.24. The van der Waals surface area contributed by atoms with Gasteiger partial charge in [0.2, 0.25) is 0 Å². The van der Waals surface area contributed by atoms with Crippen molar-refractivity contribution in [1.29, 1.82) is 0 Å². The molecule has 3 heteroatoms. The van der Waals surface area contributed by atoms with Crippen molar-refractivity contribution in [2.75, 3.05) is 0 Å². The van der Waals surface area contributed by atoms with Gasteiger partial charge in [0.15, 0.2) is 0 Å². The zero-order valence-electron chi connectivity index (χ0n) is 10.6. The minimum Gasteiger partial charge on any atom is -0.321 e. The van der Waals surface area contributed by atoms with Crippen LogP contribution < -0.4 is 5.73 Å². The Hall–Kier alpha value is -1.61. The second kappa shape index (κ2) is 4.34. The van der Waals surface area contributed by atoms with E-state index in [1.807, 2.05) is 19.4 Å². The first-order chi connectivity index (χ1) is 7.97. The van der Waals surface area contributed by atoms with Crippen molar-refractivity contribution in [1.82, 2.24) is 9.78 Å². The summed E-state index contributed by atoms with van der Waals surface area (Å²) in [6, 6.07) is 8.41. The lowest BCUT2D eigenvalue weighted by Crippen LogP contribution is -2.35. The van der Waals surface area contributed by atoms with Crippen molar-refractivity contribution in [3.05, 3.63) is 53.3 Å². The Bertz CT molecular complexity index is 494. The Balaban J connectivity index is 2.21. The van der Waals surface area contributed by atoms with Crippen molar-refractivity contribution in [2.45, 2.75) is 25.8 Å². The van der Waals surface area contributed by atoms with E-state index in [1.165, 1.54) is 5.56 Å². The SMILES string of the molecule is Cc1ccc(C(C)(N)Cc2cnn(C)c2)cc1. The van der Waals surface area contributed by atoms with Gasteiger partial charge in [0.25, 0.3) is 0 Å². The molecule has 0 amide bonds. The fraction of sp³-hybridized carbons (Fsp3) is 0.357. The number of hydrogen-bond acceptors (Lipinski definition) is 2. The molecular weight excluding hydrogens is 210 g/mol. The number of benzene rings is 1. The second-order valence-electron chi connectivity index (χ2n) is 4.98. The Kier molecular flexibility index (Phi) is 3.03. The van der Waals surface area contributed by atoms with E-state index in [0.29, 0.717) is 0 Å². The van der Waals surface area contributed by atoms with Crippen molar-refractivity contribution in [2.24, 2.45) is 12.8 Å². The molecule has 1 aromatic heterocycles. The number of nitrogens with two attached hydrogens (primary N) is 1. The minimum atomic E-state index is -0.350. The average Bonchev–Trinajstić information content (AvgIpc) is 2.63. The van der Waals surface area contributed by atoms with Crippen molar-refractivity contribution < 1.29 is 0 Å². The van der Waals surface area contributed by atoms with Crippen LogP contribution in [-0.4, -0.2) is 9.78 Å². The van der Waals surface area contributed by atoms with Crippen LogP contribution in [0.15, 0.2) is 36.7 Å². The van der Waals surface area contributed by atoms with Crippen LogP contribution >= 0.6 is 0 Å². The van der Waals surface area contributed by atoms with E-state index in [2.05, 4.69) is 43.2 Å². The first-order valence-corrected chi connectivity index (χ1v) is 5.81. The maximum absolute atomic E-state index is 6.39. The molecule has 2 aromatic rings. The van der Waals surface area contributed by atoms with Crippen LogP contribution in [0.4, 0.5) is 0 Å². The molecule has 1 atom stereocenters. The smallest absolute Gasteiger partial charge is 0.0522 e. The van der Waals surface area contributed by atoms with Crippen LogP contribution in [-0.2, 0) is 19.0 Å². The minimum absolute atomic E-state index is 0.350. The molecule has 2 N–H and O–H groups in total. The van der Waals surface area contributed by atoms with Gasteiger partial charge < -0.3 is 5.73 Å². The molecule has 90 valence electrons. The van der Waals surface area contributed by atoms with Gasteiger partial charge in [0, 0.05) is 18.8 Å². The fourth-order valence-electron chi connectivity index (χ4n) is 2.02. The topological polar surface area (TPSA) is 43.8 Å². The van der Waals surface area contributed by atoms with Crippen LogP contribution in [0.5, 0.6) is 0 Å². The quantitative estimate of drug-likeness (QED) is 0.876. The first kappa shape index (κ1) is 11.9. The van der Waals surface area contributed by atoms with Crippen LogP contribution in [0, 0.1) is 6.92 Å². The summed E-state index contributed by atoms with van der Waals surface area (Å²) in [6.07, 6.45) is 4.68. The predicted molar refractivity (Wildman–Crippen MR) is 69.6 cm³/mol. The normalized spacial score (nSPS) is 14.6. The third-order valence-electron chi connectivity index (χ3n) is 3.04. The summed E-state index contributed by atoms with van der Waals surface area (Å²) < 4.78 is 1.81. The molecular formula is C14H19N3. The zero-order chi connectivity index (χ0) is 12.5. The first-order valence-electron chi connectivity index (χ1n) is 5.81. The van der Waals surface area contributed by atoms with Crippen LogP contribution in [0.3, 0.4) is 0 Å². The van der Waals surface area contributed by atoms with Crippen LogP contribution in [0.25, 0.3) is 0 Å². The summed E-state index contributed by atoms with van der Waals surface area (Å²) in [5.41, 5.74) is 9.62. The third-order valence-corrected chi connectivity index (χ3v) is 3.04. The Labute approximate surface area is 102 Å². The number of aryl methyl sites for hydroxylation is 2. The number of rotatable bonds is 3. The standard InChI is InChI=1S/C14H19N3/c1-11-4-6-13(7-5-11)14(2,15)8-12-9-16-17(3)10-12/h4-7,9-10H,8,15H2,1-3H3. The number of nitrogens with zero attached hydrogens (tertiary/aromatic N) is 2. The molecule has 0 radical (unpaired) electrons. The molecule has 0 aliphatic carbocycles. The van der Waals surface area contributed by atoms with Gasteiger partial charge in [-0.25, -0.2) is 0 Å². The van der Waals surface area contributed by atoms with E-state index in [4.69, 9.17) is 5.73 Å². The van der Waals surface area contributed by atoms with Crippen molar-refractivity contribution in [3.8, 4) is 0 Å². The molecule has 3 nitrogen and oxygen atoms in total. The molecule has 0 saturated carbocycles. The van der Waals surface area contributed by atoms with Gasteiger partial charge in [-0.3, -0.25) is 4.68 Å². The average molecular weight is 229 g/mol. The van der Waals surface area contributed by atoms with Gasteiger partial charge in [-0.15, -0.1) is 0 Å². The largest absolute Gasteiger partial charge is 0.321 e. The lowest BCUT2D eigenvalue weighted by atomic mass is 9.87. The zero-order valence-corrected chi connectivity index (χ0v) is 10.6. The Morgan fingerprint density at radius 2 is 1.94 bits per heavy atom. The van der Waals surface area contributed by atoms with Gasteiger partial charge in [-0.2, -0.15) is 5.10 Å². The predicted octanol–water partition coefficient (Wildman–Crippen LogP) is 2.15. The molecule has 1 aromatic carbocycles.